The summed E-state index contributed by atoms with van der Waals surface area (Å²) in [6.07, 6.45) is 0.255. The molecule has 0 spiro atoms. The van der Waals surface area contributed by atoms with Crippen molar-refractivity contribution < 1.29 is 19.2 Å². The van der Waals surface area contributed by atoms with Gasteiger partial charge in [0.05, 0.1) is 18.7 Å². The van der Waals surface area contributed by atoms with E-state index in [0.29, 0.717) is 23.4 Å². The Morgan fingerprint density at radius 2 is 1.69 bits per heavy atom. The maximum absolute atomic E-state index is 12.8. The monoisotopic (exact) mass is 487 g/mol. The minimum Gasteiger partial charge on any atom is -0.322 e. The molecule has 1 aliphatic rings. The molecule has 7 nitrogen and oxygen atoms in total. The van der Waals surface area contributed by atoms with Gasteiger partial charge in [0.25, 0.3) is 11.1 Å². The van der Waals surface area contributed by atoms with Gasteiger partial charge in [-0.25, -0.2) is 0 Å². The summed E-state index contributed by atoms with van der Waals surface area (Å²) in [5.41, 5.74) is 3.45. The van der Waals surface area contributed by atoms with Crippen LogP contribution in [0.1, 0.15) is 28.4 Å². The number of likely N-dealkylation sites (N-methyl/N-ethyl adjacent to an activating group) is 1. The second kappa shape index (κ2) is 11.0. The molecule has 3 aromatic rings. The van der Waals surface area contributed by atoms with Gasteiger partial charge in [0.15, 0.2) is 0 Å². The molecular formula is C27H25N3O4S. The molecule has 1 heterocycles. The quantitative estimate of drug-likeness (QED) is 0.496. The fraction of sp³-hybridized carbons (Fsp3) is 0.185. The van der Waals surface area contributed by atoms with Gasteiger partial charge >= 0.3 is 0 Å². The molecule has 1 N–H and O–H groups in total. The number of benzene rings is 3. The van der Waals surface area contributed by atoms with Crippen LogP contribution in [0, 0.1) is 0 Å². The molecule has 0 radical (unpaired) electrons. The Morgan fingerprint density at radius 3 is 2.34 bits per heavy atom. The first-order valence-electron chi connectivity index (χ1n) is 11.3. The van der Waals surface area contributed by atoms with Crippen molar-refractivity contribution in [2.45, 2.75) is 19.9 Å². The van der Waals surface area contributed by atoms with Crippen LogP contribution >= 0.6 is 11.8 Å². The van der Waals surface area contributed by atoms with E-state index < -0.39 is 0 Å². The Balaban J connectivity index is 1.37. The number of rotatable bonds is 8. The first-order valence-corrected chi connectivity index (χ1v) is 12.2. The van der Waals surface area contributed by atoms with Gasteiger partial charge in [-0.05, 0) is 54.4 Å². The predicted molar refractivity (Wildman–Crippen MR) is 137 cm³/mol. The minimum atomic E-state index is -0.301. The van der Waals surface area contributed by atoms with Crippen molar-refractivity contribution in [2.24, 2.45) is 0 Å². The number of nitrogens with one attached hydrogen (secondary N) is 1. The van der Waals surface area contributed by atoms with Crippen LogP contribution in [-0.2, 0) is 22.6 Å². The molecule has 0 aliphatic carbocycles. The van der Waals surface area contributed by atoms with Gasteiger partial charge in [-0.2, -0.15) is 0 Å². The fourth-order valence-corrected chi connectivity index (χ4v) is 4.54. The zero-order chi connectivity index (χ0) is 24.8. The highest BCUT2D eigenvalue weighted by molar-refractivity contribution is 8.14. The molecule has 178 valence electrons. The van der Waals surface area contributed by atoms with Crippen LogP contribution in [0.15, 0.2) is 78.9 Å². The summed E-state index contributed by atoms with van der Waals surface area (Å²) < 4.78 is 0. The number of hydrogen-bond donors (Lipinski definition) is 1. The van der Waals surface area contributed by atoms with Crippen LogP contribution in [0.3, 0.4) is 0 Å². The molecule has 8 heteroatoms. The Hall–Kier alpha value is -3.91. The second-order valence-corrected chi connectivity index (χ2v) is 8.96. The van der Waals surface area contributed by atoms with Gasteiger partial charge < -0.3 is 10.2 Å². The molecule has 0 atom stereocenters. The van der Waals surface area contributed by atoms with Crippen LogP contribution in [0.25, 0.3) is 0 Å². The molecule has 1 saturated heterocycles. The highest BCUT2D eigenvalue weighted by Crippen LogP contribution is 2.22. The average Bonchev–Trinajstić information content (AvgIpc) is 3.18. The third-order valence-corrected chi connectivity index (χ3v) is 6.48. The van der Waals surface area contributed by atoms with Crippen molar-refractivity contribution in [3.63, 3.8) is 0 Å². The van der Waals surface area contributed by atoms with E-state index in [1.807, 2.05) is 49.4 Å². The zero-order valence-electron chi connectivity index (χ0n) is 19.3. The van der Waals surface area contributed by atoms with Crippen molar-refractivity contribution in [3.8, 4) is 0 Å². The van der Waals surface area contributed by atoms with Gasteiger partial charge in [-0.15, -0.1) is 0 Å². The molecule has 4 rings (SSSR count). The number of nitrogens with zero attached hydrogens (tertiary/aromatic N) is 2. The first kappa shape index (κ1) is 24.2. The number of amides is 4. The molecule has 0 bridgehead atoms. The maximum Gasteiger partial charge on any atom is 0.289 e. The molecule has 1 fully saturated rings. The van der Waals surface area contributed by atoms with Gasteiger partial charge in [0.2, 0.25) is 11.8 Å². The van der Waals surface area contributed by atoms with Gasteiger partial charge in [-0.1, -0.05) is 54.2 Å². The average molecular weight is 488 g/mol. The second-order valence-electron chi connectivity index (χ2n) is 8.04. The maximum atomic E-state index is 12.8. The van der Waals surface area contributed by atoms with Crippen molar-refractivity contribution in [2.75, 3.05) is 22.5 Å². The molecule has 1 aliphatic heterocycles. The third kappa shape index (κ3) is 5.96. The highest BCUT2D eigenvalue weighted by Gasteiger charge is 2.29. The van der Waals surface area contributed by atoms with Gasteiger partial charge in [-0.3, -0.25) is 24.1 Å². The minimum absolute atomic E-state index is 0.000617. The van der Waals surface area contributed by atoms with Crippen molar-refractivity contribution in [3.05, 3.63) is 95.6 Å². The number of thioether (sulfide) groups is 1. The van der Waals surface area contributed by atoms with Crippen LogP contribution < -0.4 is 10.2 Å². The zero-order valence-corrected chi connectivity index (χ0v) is 20.1. The molecule has 4 amide bonds. The Bertz CT molecular complexity index is 1230. The van der Waals surface area contributed by atoms with Crippen molar-refractivity contribution >= 4 is 46.1 Å². The number of anilines is 2. The number of imide groups is 1. The highest BCUT2D eigenvalue weighted by atomic mass is 32.2. The number of hydrogen-bond acceptors (Lipinski definition) is 5. The number of carbonyl (C=O) groups is 4. The van der Waals surface area contributed by atoms with E-state index in [4.69, 9.17) is 0 Å². The van der Waals surface area contributed by atoms with Gasteiger partial charge in [0.1, 0.15) is 0 Å². The van der Waals surface area contributed by atoms with Crippen LogP contribution in [0.4, 0.5) is 16.2 Å². The summed E-state index contributed by atoms with van der Waals surface area (Å²) in [6, 6.07) is 23.6. The Morgan fingerprint density at radius 1 is 0.943 bits per heavy atom. The van der Waals surface area contributed by atoms with Crippen molar-refractivity contribution in [1.29, 1.82) is 0 Å². The van der Waals surface area contributed by atoms with E-state index in [2.05, 4.69) is 5.32 Å². The topological polar surface area (TPSA) is 86.8 Å². The summed E-state index contributed by atoms with van der Waals surface area (Å²) in [5.74, 6) is -0.367. The van der Waals surface area contributed by atoms with E-state index in [9.17, 15) is 19.2 Å². The fourth-order valence-electron chi connectivity index (χ4n) is 3.82. The number of carbonyl (C=O) groups excluding carboxylic acids is 4. The molecule has 0 unspecified atom stereocenters. The molecular weight excluding hydrogens is 462 g/mol. The SMILES string of the molecule is CCN(C(=O)Cc1ccc(NC(=O)c2cccc(CN3C(=O)CSC3=O)c2)cc1)c1ccccc1. The lowest BCUT2D eigenvalue weighted by atomic mass is 10.1. The first-order chi connectivity index (χ1) is 16.9. The van der Waals surface area contributed by atoms with Gasteiger partial charge in [0, 0.05) is 23.5 Å². The summed E-state index contributed by atoms with van der Waals surface area (Å²) in [5, 5.41) is 2.58. The Kier molecular flexibility index (Phi) is 7.62. The normalized spacial score (nSPS) is 13.1. The molecule has 3 aromatic carbocycles. The van der Waals surface area contributed by atoms with E-state index in [1.165, 1.54) is 4.90 Å². The summed E-state index contributed by atoms with van der Waals surface area (Å²) in [4.78, 5) is 52.2. The molecule has 0 aromatic heterocycles. The summed E-state index contributed by atoms with van der Waals surface area (Å²) in [6.45, 7) is 2.67. The summed E-state index contributed by atoms with van der Waals surface area (Å²) >= 11 is 0.986. The lowest BCUT2D eigenvalue weighted by Crippen LogP contribution is -2.31. The predicted octanol–water partition coefficient (Wildman–Crippen LogP) is 4.73. The summed E-state index contributed by atoms with van der Waals surface area (Å²) in [7, 11) is 0. The van der Waals surface area contributed by atoms with E-state index >= 15 is 0 Å². The smallest absolute Gasteiger partial charge is 0.289 e. The lowest BCUT2D eigenvalue weighted by Gasteiger charge is -2.21. The lowest BCUT2D eigenvalue weighted by molar-refractivity contribution is -0.125. The van der Waals surface area contributed by atoms with Crippen LogP contribution in [-0.4, -0.2) is 40.2 Å². The van der Waals surface area contributed by atoms with E-state index in [-0.39, 0.29) is 41.7 Å². The Labute approximate surface area is 208 Å². The largest absolute Gasteiger partial charge is 0.322 e. The standard InChI is InChI=1S/C27H25N3O4S/c1-2-29(23-9-4-3-5-10-23)24(31)16-19-11-13-22(14-12-19)28-26(33)21-8-6-7-20(15-21)17-30-25(32)18-35-27(30)34/h3-15H,2,16-18H2,1H3,(H,28,33). The molecule has 35 heavy (non-hydrogen) atoms. The molecule has 0 saturated carbocycles. The van der Waals surface area contributed by atoms with Crippen LogP contribution in [0.5, 0.6) is 0 Å². The van der Waals surface area contributed by atoms with Crippen molar-refractivity contribution in [1.82, 2.24) is 4.90 Å². The van der Waals surface area contributed by atoms with Crippen LogP contribution in [0.2, 0.25) is 0 Å². The van der Waals surface area contributed by atoms with E-state index in [0.717, 1.165) is 23.0 Å². The number of para-hydroxylation sites is 1. The van der Waals surface area contributed by atoms with E-state index in [1.54, 1.807) is 41.3 Å². The third-order valence-electron chi connectivity index (χ3n) is 5.62.